The van der Waals surface area contributed by atoms with E-state index in [1.54, 1.807) is 11.3 Å². The third-order valence-corrected chi connectivity index (χ3v) is 4.57. The van der Waals surface area contributed by atoms with Crippen molar-refractivity contribution in [2.45, 2.75) is 38.3 Å². The first kappa shape index (κ1) is 15.1. The van der Waals surface area contributed by atoms with E-state index in [0.717, 1.165) is 29.9 Å². The van der Waals surface area contributed by atoms with E-state index in [0.29, 0.717) is 13.0 Å². The van der Waals surface area contributed by atoms with Gasteiger partial charge in [-0.25, -0.2) is 5.01 Å². The lowest BCUT2D eigenvalue weighted by molar-refractivity contribution is -0.142. The Labute approximate surface area is 140 Å². The van der Waals surface area contributed by atoms with E-state index >= 15 is 0 Å². The highest BCUT2D eigenvalue weighted by Crippen LogP contribution is 2.34. The summed E-state index contributed by atoms with van der Waals surface area (Å²) in [6, 6.07) is 11.8. The Kier molecular flexibility index (Phi) is 3.94. The van der Waals surface area contributed by atoms with Crippen molar-refractivity contribution in [2.75, 3.05) is 6.61 Å². The molecule has 2 aliphatic rings. The van der Waals surface area contributed by atoms with Crippen LogP contribution in [0.25, 0.3) is 0 Å². The van der Waals surface area contributed by atoms with Crippen LogP contribution in [0, 0.1) is 6.92 Å². The quantitative estimate of drug-likeness (QED) is 0.869. The van der Waals surface area contributed by atoms with Crippen LogP contribution in [-0.4, -0.2) is 29.3 Å². The average Bonchev–Trinajstić information content (AvgIpc) is 3.34. The predicted octanol–water partition coefficient (Wildman–Crippen LogP) is 3.44. The lowest BCUT2D eigenvalue weighted by Gasteiger charge is -2.24. The van der Waals surface area contributed by atoms with Crippen LogP contribution in [-0.2, 0) is 9.53 Å². The minimum atomic E-state index is -0.378. The van der Waals surface area contributed by atoms with Gasteiger partial charge in [-0.2, -0.15) is 5.10 Å². The monoisotopic (exact) mass is 324 g/mol. The van der Waals surface area contributed by atoms with Gasteiger partial charge in [-0.3, -0.25) is 4.79 Å². The molecule has 1 amide bonds. The minimum absolute atomic E-state index is 0.0550. The first-order valence-electron chi connectivity index (χ1n) is 8.35. The molecule has 2 atom stereocenters. The molecule has 0 bridgehead atoms. The zero-order valence-corrected chi connectivity index (χ0v) is 13.6. The van der Waals surface area contributed by atoms with E-state index in [-0.39, 0.29) is 18.1 Å². The Hall–Kier alpha value is -2.40. The first-order valence-corrected chi connectivity index (χ1v) is 8.35. The molecule has 1 aromatic carbocycles. The Morgan fingerprint density at radius 1 is 1.29 bits per heavy atom. The number of benzene rings is 1. The molecule has 2 aromatic rings. The molecular weight excluding hydrogens is 304 g/mol. The lowest BCUT2D eigenvalue weighted by Crippen LogP contribution is -2.35. The van der Waals surface area contributed by atoms with Crippen LogP contribution in [0.5, 0.6) is 0 Å². The van der Waals surface area contributed by atoms with E-state index in [1.807, 2.05) is 24.3 Å². The van der Waals surface area contributed by atoms with Gasteiger partial charge in [0.1, 0.15) is 17.6 Å². The van der Waals surface area contributed by atoms with Gasteiger partial charge in [0.15, 0.2) is 0 Å². The SMILES string of the molecule is Cc1cccc(C2CC(c3ccco3)=NN2C(=O)C2CCCO2)c1. The summed E-state index contributed by atoms with van der Waals surface area (Å²) in [5, 5.41) is 6.19. The second-order valence-electron chi connectivity index (χ2n) is 6.34. The Bertz CT molecular complexity index is 761. The van der Waals surface area contributed by atoms with Crippen molar-refractivity contribution in [1.29, 1.82) is 0 Å². The summed E-state index contributed by atoms with van der Waals surface area (Å²) in [7, 11) is 0. The third-order valence-electron chi connectivity index (χ3n) is 4.57. The van der Waals surface area contributed by atoms with Crippen LogP contribution < -0.4 is 0 Å². The molecule has 2 aliphatic heterocycles. The number of carbonyl (C=O) groups is 1. The zero-order chi connectivity index (χ0) is 16.5. The lowest BCUT2D eigenvalue weighted by atomic mass is 9.99. The van der Waals surface area contributed by atoms with E-state index in [2.05, 4.69) is 24.2 Å². The minimum Gasteiger partial charge on any atom is -0.463 e. The molecule has 0 spiro atoms. The Morgan fingerprint density at radius 3 is 2.92 bits per heavy atom. The fourth-order valence-corrected chi connectivity index (χ4v) is 3.36. The molecule has 5 heteroatoms. The summed E-state index contributed by atoms with van der Waals surface area (Å²) in [5.41, 5.74) is 3.06. The summed E-state index contributed by atoms with van der Waals surface area (Å²) in [5.74, 6) is 0.663. The van der Waals surface area contributed by atoms with Crippen LogP contribution in [0.2, 0.25) is 0 Å². The van der Waals surface area contributed by atoms with Crippen LogP contribution in [0.3, 0.4) is 0 Å². The van der Waals surface area contributed by atoms with Gasteiger partial charge >= 0.3 is 0 Å². The van der Waals surface area contributed by atoms with Crippen LogP contribution in [0.4, 0.5) is 0 Å². The maximum Gasteiger partial charge on any atom is 0.272 e. The molecule has 2 unspecified atom stereocenters. The second-order valence-corrected chi connectivity index (χ2v) is 6.34. The fraction of sp³-hybridized carbons (Fsp3) is 0.368. The Morgan fingerprint density at radius 2 is 2.21 bits per heavy atom. The predicted molar refractivity (Wildman–Crippen MR) is 89.6 cm³/mol. The molecule has 0 aliphatic carbocycles. The normalized spacial score (nSPS) is 23.5. The molecule has 0 N–H and O–H groups in total. The molecule has 124 valence electrons. The molecule has 4 rings (SSSR count). The van der Waals surface area contributed by atoms with Gasteiger partial charge < -0.3 is 9.15 Å². The van der Waals surface area contributed by atoms with Crippen LogP contribution in [0.1, 0.15) is 42.2 Å². The Balaban J connectivity index is 1.67. The number of aryl methyl sites for hydroxylation is 1. The maximum atomic E-state index is 12.9. The van der Waals surface area contributed by atoms with Gasteiger partial charge in [0.05, 0.1) is 12.3 Å². The van der Waals surface area contributed by atoms with Crippen molar-refractivity contribution in [1.82, 2.24) is 5.01 Å². The van der Waals surface area contributed by atoms with Crippen molar-refractivity contribution < 1.29 is 13.9 Å². The molecular formula is C19H20N2O3. The van der Waals surface area contributed by atoms with Gasteiger partial charge in [-0.05, 0) is 37.5 Å². The number of hydrogen-bond donors (Lipinski definition) is 0. The van der Waals surface area contributed by atoms with E-state index < -0.39 is 0 Å². The molecule has 5 nitrogen and oxygen atoms in total. The summed E-state index contributed by atoms with van der Waals surface area (Å²) in [6.45, 7) is 2.70. The highest BCUT2D eigenvalue weighted by atomic mass is 16.5. The topological polar surface area (TPSA) is 55.0 Å². The number of nitrogens with zero attached hydrogens (tertiary/aromatic N) is 2. The molecule has 0 saturated carbocycles. The smallest absolute Gasteiger partial charge is 0.272 e. The highest BCUT2D eigenvalue weighted by molar-refractivity contribution is 6.01. The number of furan rings is 1. The summed E-state index contributed by atoms with van der Waals surface area (Å²) < 4.78 is 11.1. The number of amides is 1. The molecule has 24 heavy (non-hydrogen) atoms. The number of rotatable bonds is 3. The number of ether oxygens (including phenoxy) is 1. The first-order chi connectivity index (χ1) is 11.7. The van der Waals surface area contributed by atoms with Crippen molar-refractivity contribution >= 4 is 11.6 Å². The van der Waals surface area contributed by atoms with Crippen molar-refractivity contribution in [2.24, 2.45) is 5.10 Å². The van der Waals surface area contributed by atoms with Gasteiger partial charge in [0.25, 0.3) is 5.91 Å². The van der Waals surface area contributed by atoms with Gasteiger partial charge in [-0.15, -0.1) is 0 Å². The largest absolute Gasteiger partial charge is 0.463 e. The summed E-state index contributed by atoms with van der Waals surface area (Å²) in [6.07, 6.45) is 3.59. The second kappa shape index (κ2) is 6.24. The van der Waals surface area contributed by atoms with Crippen molar-refractivity contribution in [3.63, 3.8) is 0 Å². The summed E-state index contributed by atoms with van der Waals surface area (Å²) >= 11 is 0. The van der Waals surface area contributed by atoms with Gasteiger partial charge in [0, 0.05) is 13.0 Å². The number of hydrazone groups is 1. The van der Waals surface area contributed by atoms with E-state index in [1.165, 1.54) is 5.56 Å². The number of hydrogen-bond acceptors (Lipinski definition) is 4. The van der Waals surface area contributed by atoms with Gasteiger partial charge in [-0.1, -0.05) is 29.8 Å². The number of carbonyl (C=O) groups excluding carboxylic acids is 1. The van der Waals surface area contributed by atoms with Crippen LogP contribution >= 0.6 is 0 Å². The van der Waals surface area contributed by atoms with Crippen LogP contribution in [0.15, 0.2) is 52.2 Å². The standard InChI is InChI=1S/C19H20N2O3/c1-13-5-2-6-14(11-13)16-12-15(17-7-3-9-23-17)20-21(16)19(22)18-8-4-10-24-18/h2-3,5-7,9,11,16,18H,4,8,10,12H2,1H3. The van der Waals surface area contributed by atoms with Gasteiger partial charge in [0.2, 0.25) is 0 Å². The third kappa shape index (κ3) is 2.76. The molecule has 0 radical (unpaired) electrons. The van der Waals surface area contributed by atoms with E-state index in [9.17, 15) is 4.79 Å². The summed E-state index contributed by atoms with van der Waals surface area (Å²) in [4.78, 5) is 12.9. The zero-order valence-electron chi connectivity index (χ0n) is 13.6. The molecule has 3 heterocycles. The van der Waals surface area contributed by atoms with Crippen molar-refractivity contribution in [3.05, 3.63) is 59.5 Å². The van der Waals surface area contributed by atoms with E-state index in [4.69, 9.17) is 9.15 Å². The fourth-order valence-electron chi connectivity index (χ4n) is 3.36. The molecule has 1 fully saturated rings. The molecule has 1 aromatic heterocycles. The highest BCUT2D eigenvalue weighted by Gasteiger charge is 2.38. The van der Waals surface area contributed by atoms with Crippen molar-refractivity contribution in [3.8, 4) is 0 Å². The molecule has 1 saturated heterocycles. The average molecular weight is 324 g/mol. The maximum absolute atomic E-state index is 12.9.